The highest BCUT2D eigenvalue weighted by Gasteiger charge is 2.07. The molecule has 0 atom stereocenters. The van der Waals surface area contributed by atoms with Crippen LogP contribution in [-0.2, 0) is 0 Å². The van der Waals surface area contributed by atoms with Crippen molar-refractivity contribution in [3.63, 3.8) is 0 Å². The van der Waals surface area contributed by atoms with E-state index in [1.165, 1.54) is 4.57 Å². The van der Waals surface area contributed by atoms with E-state index in [0.29, 0.717) is 5.56 Å². The molecular formula is C13H12N2O. The second kappa shape index (κ2) is 4.14. The van der Waals surface area contributed by atoms with Crippen LogP contribution in [0.4, 0.5) is 0 Å². The van der Waals surface area contributed by atoms with Crippen molar-refractivity contribution in [2.24, 2.45) is 0 Å². The molecule has 1 N–H and O–H groups in total. The van der Waals surface area contributed by atoms with E-state index >= 15 is 0 Å². The average molecular weight is 212 g/mol. The summed E-state index contributed by atoms with van der Waals surface area (Å²) in [5, 5.41) is 7.82. The summed E-state index contributed by atoms with van der Waals surface area (Å²) in [6.07, 6.45) is 1.62. The van der Waals surface area contributed by atoms with Crippen molar-refractivity contribution in [2.45, 2.75) is 6.92 Å². The van der Waals surface area contributed by atoms with Gasteiger partial charge in [0.2, 0.25) is 0 Å². The van der Waals surface area contributed by atoms with Crippen molar-refractivity contribution in [2.75, 3.05) is 0 Å². The lowest BCUT2D eigenvalue weighted by Gasteiger charge is -2.06. The van der Waals surface area contributed by atoms with Gasteiger partial charge in [-0.25, -0.2) is 0 Å². The number of carbonyl (C=O) groups is 1. The Hall–Kier alpha value is -2.16. The van der Waals surface area contributed by atoms with Gasteiger partial charge in [0.15, 0.2) is 0 Å². The molecule has 0 bridgehead atoms. The molecule has 2 rings (SSSR count). The lowest BCUT2D eigenvalue weighted by Crippen LogP contribution is -2.28. The van der Waals surface area contributed by atoms with Crippen LogP contribution < -0.4 is 5.49 Å². The second-order valence-electron chi connectivity index (χ2n) is 3.58. The van der Waals surface area contributed by atoms with Gasteiger partial charge in [-0.3, -0.25) is 14.8 Å². The van der Waals surface area contributed by atoms with Gasteiger partial charge >= 0.3 is 0 Å². The van der Waals surface area contributed by atoms with Gasteiger partial charge in [0, 0.05) is 11.8 Å². The standard InChI is InChI=1S/C13H12N2O/c1-10-6-5-9-15(12(10)14)13(16)11-7-3-2-4-8-11/h2-9,14H,1H3. The summed E-state index contributed by atoms with van der Waals surface area (Å²) in [5.74, 6) is -0.172. The topological polar surface area (TPSA) is 45.9 Å². The Bertz CT molecular complexity index is 570. The summed E-state index contributed by atoms with van der Waals surface area (Å²) in [6.45, 7) is 1.82. The largest absolute Gasteiger partial charge is 0.284 e. The van der Waals surface area contributed by atoms with Crippen molar-refractivity contribution < 1.29 is 4.79 Å². The van der Waals surface area contributed by atoms with Crippen molar-refractivity contribution >= 4 is 5.91 Å². The summed E-state index contributed by atoms with van der Waals surface area (Å²) >= 11 is 0. The molecule has 0 aliphatic rings. The zero-order valence-corrected chi connectivity index (χ0v) is 8.97. The van der Waals surface area contributed by atoms with Crippen LogP contribution in [0.2, 0.25) is 0 Å². The molecule has 16 heavy (non-hydrogen) atoms. The van der Waals surface area contributed by atoms with E-state index < -0.39 is 0 Å². The molecule has 3 nitrogen and oxygen atoms in total. The molecule has 1 aromatic carbocycles. The van der Waals surface area contributed by atoms with E-state index in [4.69, 9.17) is 5.41 Å². The molecule has 0 aliphatic heterocycles. The highest BCUT2D eigenvalue weighted by atomic mass is 16.2. The fourth-order valence-corrected chi connectivity index (χ4v) is 1.51. The molecule has 0 aliphatic carbocycles. The fraction of sp³-hybridized carbons (Fsp3) is 0.0769. The van der Waals surface area contributed by atoms with Gasteiger partial charge in [-0.05, 0) is 30.7 Å². The first-order valence-corrected chi connectivity index (χ1v) is 5.03. The van der Waals surface area contributed by atoms with Crippen molar-refractivity contribution in [1.29, 1.82) is 5.41 Å². The number of pyridine rings is 1. The first-order valence-electron chi connectivity index (χ1n) is 5.03. The van der Waals surface area contributed by atoms with Gasteiger partial charge in [0.05, 0.1) is 0 Å². The van der Waals surface area contributed by atoms with E-state index in [2.05, 4.69) is 0 Å². The molecule has 0 saturated carbocycles. The SMILES string of the molecule is Cc1cccn(C(=O)c2ccccc2)c1=N. The van der Waals surface area contributed by atoms with E-state index in [1.54, 1.807) is 24.4 Å². The van der Waals surface area contributed by atoms with Crippen LogP contribution in [0.5, 0.6) is 0 Å². The molecule has 3 heteroatoms. The van der Waals surface area contributed by atoms with Gasteiger partial charge in [-0.15, -0.1) is 0 Å². The zero-order valence-electron chi connectivity index (χ0n) is 8.97. The maximum Gasteiger partial charge on any atom is 0.263 e. The molecular weight excluding hydrogens is 200 g/mol. The minimum Gasteiger partial charge on any atom is -0.284 e. The third-order valence-corrected chi connectivity index (χ3v) is 2.44. The van der Waals surface area contributed by atoms with Crippen LogP contribution in [0.25, 0.3) is 0 Å². The smallest absolute Gasteiger partial charge is 0.263 e. The third-order valence-electron chi connectivity index (χ3n) is 2.44. The molecule has 0 spiro atoms. The van der Waals surface area contributed by atoms with Crippen LogP contribution in [-0.4, -0.2) is 10.5 Å². The average Bonchev–Trinajstić information content (AvgIpc) is 2.33. The normalized spacial score (nSPS) is 10.1. The van der Waals surface area contributed by atoms with Crippen LogP contribution in [0, 0.1) is 12.3 Å². The van der Waals surface area contributed by atoms with Gasteiger partial charge in [0.25, 0.3) is 5.91 Å². The van der Waals surface area contributed by atoms with Gasteiger partial charge in [-0.1, -0.05) is 24.3 Å². The van der Waals surface area contributed by atoms with Crippen LogP contribution >= 0.6 is 0 Å². The maximum atomic E-state index is 12.1. The number of nitrogens with one attached hydrogen (secondary N) is 1. The van der Waals surface area contributed by atoms with Crippen LogP contribution in [0.1, 0.15) is 15.9 Å². The second-order valence-corrected chi connectivity index (χ2v) is 3.58. The summed E-state index contributed by atoms with van der Waals surface area (Å²) in [5.41, 5.74) is 1.61. The fourth-order valence-electron chi connectivity index (χ4n) is 1.51. The van der Waals surface area contributed by atoms with Crippen LogP contribution in [0.15, 0.2) is 48.7 Å². The molecule has 0 saturated heterocycles. The minimum atomic E-state index is -0.172. The van der Waals surface area contributed by atoms with Crippen LogP contribution in [0.3, 0.4) is 0 Å². The number of rotatable bonds is 1. The van der Waals surface area contributed by atoms with Crippen molar-refractivity contribution in [1.82, 2.24) is 4.57 Å². The van der Waals surface area contributed by atoms with Gasteiger partial charge in [-0.2, -0.15) is 0 Å². The first-order chi connectivity index (χ1) is 7.70. The lowest BCUT2D eigenvalue weighted by molar-refractivity contribution is 0.0954. The summed E-state index contributed by atoms with van der Waals surface area (Å²) in [6, 6.07) is 12.6. The summed E-state index contributed by atoms with van der Waals surface area (Å²) < 4.78 is 1.35. The Morgan fingerprint density at radius 1 is 1.12 bits per heavy atom. The Morgan fingerprint density at radius 2 is 1.81 bits per heavy atom. The van der Waals surface area contributed by atoms with Crippen molar-refractivity contribution in [3.05, 3.63) is 65.3 Å². The van der Waals surface area contributed by atoms with E-state index in [0.717, 1.165) is 5.56 Å². The van der Waals surface area contributed by atoms with Crippen molar-refractivity contribution in [3.8, 4) is 0 Å². The highest BCUT2D eigenvalue weighted by molar-refractivity contribution is 5.95. The maximum absolute atomic E-state index is 12.1. The molecule has 1 aromatic heterocycles. The zero-order chi connectivity index (χ0) is 11.5. The molecule has 2 aromatic rings. The number of hydrogen-bond acceptors (Lipinski definition) is 2. The molecule has 0 unspecified atom stereocenters. The Balaban J connectivity index is 2.51. The van der Waals surface area contributed by atoms with E-state index in [-0.39, 0.29) is 11.4 Å². The number of nitrogens with zero attached hydrogens (tertiary/aromatic N) is 1. The third kappa shape index (κ3) is 1.80. The number of aromatic nitrogens is 1. The number of aryl methyl sites for hydroxylation is 1. The summed E-state index contributed by atoms with van der Waals surface area (Å²) in [4.78, 5) is 12.1. The predicted molar refractivity (Wildman–Crippen MR) is 61.2 cm³/mol. The molecule has 1 heterocycles. The monoisotopic (exact) mass is 212 g/mol. The number of carbonyl (C=O) groups excluding carboxylic acids is 1. The predicted octanol–water partition coefficient (Wildman–Crippen LogP) is 1.96. The molecule has 0 fully saturated rings. The highest BCUT2D eigenvalue weighted by Crippen LogP contribution is 2.01. The van der Waals surface area contributed by atoms with Gasteiger partial charge in [0.1, 0.15) is 5.49 Å². The quantitative estimate of drug-likeness (QED) is 0.771. The Morgan fingerprint density at radius 3 is 2.50 bits per heavy atom. The summed E-state index contributed by atoms with van der Waals surface area (Å²) in [7, 11) is 0. The Kier molecular flexibility index (Phi) is 2.68. The lowest BCUT2D eigenvalue weighted by atomic mass is 10.2. The molecule has 0 radical (unpaired) electrons. The number of hydrogen-bond donors (Lipinski definition) is 1. The van der Waals surface area contributed by atoms with E-state index in [9.17, 15) is 4.79 Å². The van der Waals surface area contributed by atoms with E-state index in [1.807, 2.05) is 31.2 Å². The molecule has 80 valence electrons. The Labute approximate surface area is 93.5 Å². The number of benzene rings is 1. The molecule has 0 amide bonds. The van der Waals surface area contributed by atoms with Gasteiger partial charge < -0.3 is 0 Å². The minimum absolute atomic E-state index is 0.172. The first kappa shape index (κ1) is 10.4.